The van der Waals surface area contributed by atoms with Gasteiger partial charge >= 0.3 is 0 Å². The molecular weight excluding hydrogens is 359 g/mol. The lowest BCUT2D eigenvalue weighted by molar-refractivity contribution is 0.102. The molecular formula is C20H19FN6O. The molecule has 142 valence electrons. The number of rotatable bonds is 4. The van der Waals surface area contributed by atoms with Gasteiger partial charge in [0.15, 0.2) is 11.5 Å². The maximum Gasteiger partial charge on any atom is 0.276 e. The molecule has 0 spiro atoms. The van der Waals surface area contributed by atoms with Crippen LogP contribution in [-0.2, 0) is 0 Å². The van der Waals surface area contributed by atoms with Crippen molar-refractivity contribution >= 4 is 23.2 Å². The molecule has 1 aliphatic heterocycles. The third-order valence-corrected chi connectivity index (χ3v) is 4.58. The van der Waals surface area contributed by atoms with Crippen molar-refractivity contribution in [2.24, 2.45) is 0 Å². The second kappa shape index (κ2) is 7.99. The van der Waals surface area contributed by atoms with Crippen molar-refractivity contribution in [1.29, 1.82) is 0 Å². The molecule has 0 aliphatic carbocycles. The molecule has 0 radical (unpaired) electrons. The highest BCUT2D eigenvalue weighted by Gasteiger charge is 2.20. The van der Waals surface area contributed by atoms with Gasteiger partial charge in [-0.2, -0.15) is 0 Å². The van der Waals surface area contributed by atoms with Crippen LogP contribution in [0.15, 0.2) is 60.8 Å². The number of carbonyl (C=O) groups excluding carboxylic acids is 1. The zero-order valence-corrected chi connectivity index (χ0v) is 15.1. The van der Waals surface area contributed by atoms with E-state index >= 15 is 0 Å². The van der Waals surface area contributed by atoms with Crippen molar-refractivity contribution in [3.8, 4) is 0 Å². The molecule has 1 N–H and O–H groups in total. The molecule has 0 bridgehead atoms. The Kier molecular flexibility index (Phi) is 5.09. The lowest BCUT2D eigenvalue weighted by atomic mass is 10.2. The number of nitrogens with one attached hydrogen (secondary N) is 1. The van der Waals surface area contributed by atoms with E-state index in [0.29, 0.717) is 5.82 Å². The molecule has 1 amide bonds. The summed E-state index contributed by atoms with van der Waals surface area (Å²) in [5, 5.41) is 10.7. The van der Waals surface area contributed by atoms with E-state index in [2.05, 4.69) is 30.3 Å². The van der Waals surface area contributed by atoms with Gasteiger partial charge in [-0.3, -0.25) is 4.79 Å². The van der Waals surface area contributed by atoms with Crippen LogP contribution in [0.25, 0.3) is 0 Å². The van der Waals surface area contributed by atoms with Gasteiger partial charge in [-0.25, -0.2) is 9.37 Å². The van der Waals surface area contributed by atoms with E-state index in [1.54, 1.807) is 30.5 Å². The largest absolute Gasteiger partial charge is 0.353 e. The fraction of sp³-hybridized carbons (Fsp3) is 0.200. The summed E-state index contributed by atoms with van der Waals surface area (Å²) in [5.41, 5.74) is 0.253. The Morgan fingerprint density at radius 3 is 2.21 bits per heavy atom. The molecule has 7 nitrogen and oxygen atoms in total. The Labute approximate surface area is 161 Å². The van der Waals surface area contributed by atoms with Gasteiger partial charge in [0.2, 0.25) is 0 Å². The molecule has 28 heavy (non-hydrogen) atoms. The van der Waals surface area contributed by atoms with Crippen LogP contribution in [0.3, 0.4) is 0 Å². The Hall–Kier alpha value is -3.55. The molecule has 0 atom stereocenters. The second-order valence-corrected chi connectivity index (χ2v) is 6.37. The highest BCUT2D eigenvalue weighted by molar-refractivity contribution is 6.02. The smallest absolute Gasteiger partial charge is 0.276 e. The van der Waals surface area contributed by atoms with Crippen LogP contribution < -0.4 is 15.1 Å². The van der Waals surface area contributed by atoms with Crippen molar-refractivity contribution in [3.05, 3.63) is 72.3 Å². The van der Waals surface area contributed by atoms with Crippen molar-refractivity contribution in [1.82, 2.24) is 15.2 Å². The maximum absolute atomic E-state index is 13.7. The van der Waals surface area contributed by atoms with Crippen LogP contribution in [0.2, 0.25) is 0 Å². The van der Waals surface area contributed by atoms with Crippen molar-refractivity contribution in [3.63, 3.8) is 0 Å². The number of piperazine rings is 1. The number of pyridine rings is 1. The number of amides is 1. The number of hydrogen-bond donors (Lipinski definition) is 1. The van der Waals surface area contributed by atoms with Crippen LogP contribution >= 0.6 is 0 Å². The number of nitrogens with zero attached hydrogens (tertiary/aromatic N) is 5. The van der Waals surface area contributed by atoms with Crippen molar-refractivity contribution in [2.45, 2.75) is 0 Å². The Morgan fingerprint density at radius 2 is 1.57 bits per heavy atom. The van der Waals surface area contributed by atoms with Crippen LogP contribution in [-0.4, -0.2) is 47.3 Å². The Balaban J connectivity index is 1.37. The zero-order valence-electron chi connectivity index (χ0n) is 15.1. The van der Waals surface area contributed by atoms with Crippen molar-refractivity contribution in [2.75, 3.05) is 41.3 Å². The first kappa shape index (κ1) is 17.8. The number of anilines is 3. The number of aromatic nitrogens is 3. The van der Waals surface area contributed by atoms with Gasteiger partial charge in [0.05, 0.1) is 5.69 Å². The first-order valence-corrected chi connectivity index (χ1v) is 9.01. The van der Waals surface area contributed by atoms with E-state index in [1.807, 2.05) is 18.2 Å². The van der Waals surface area contributed by atoms with Crippen molar-refractivity contribution < 1.29 is 9.18 Å². The highest BCUT2D eigenvalue weighted by Crippen LogP contribution is 2.18. The molecule has 1 fully saturated rings. The first-order valence-electron chi connectivity index (χ1n) is 9.01. The number of hydrogen-bond acceptors (Lipinski definition) is 6. The van der Waals surface area contributed by atoms with Crippen LogP contribution in [0, 0.1) is 5.82 Å². The molecule has 1 saturated heterocycles. The van der Waals surface area contributed by atoms with Gasteiger partial charge in [-0.1, -0.05) is 18.2 Å². The summed E-state index contributed by atoms with van der Waals surface area (Å²) in [6, 6.07) is 15.2. The van der Waals surface area contributed by atoms with Crippen LogP contribution in [0.5, 0.6) is 0 Å². The van der Waals surface area contributed by atoms with E-state index in [-0.39, 0.29) is 11.4 Å². The lowest BCUT2D eigenvalue weighted by Gasteiger charge is -2.35. The minimum atomic E-state index is -0.496. The summed E-state index contributed by atoms with van der Waals surface area (Å²) in [7, 11) is 0. The minimum Gasteiger partial charge on any atom is -0.353 e. The summed E-state index contributed by atoms with van der Waals surface area (Å²) < 4.78 is 13.7. The molecule has 0 saturated carbocycles. The van der Waals surface area contributed by atoms with E-state index in [0.717, 1.165) is 32.0 Å². The Bertz CT molecular complexity index is 942. The Morgan fingerprint density at radius 1 is 0.857 bits per heavy atom. The normalized spacial score (nSPS) is 14.0. The minimum absolute atomic E-state index is 0.115. The molecule has 8 heteroatoms. The third-order valence-electron chi connectivity index (χ3n) is 4.58. The van der Waals surface area contributed by atoms with E-state index in [1.165, 1.54) is 12.1 Å². The van der Waals surface area contributed by atoms with Crippen LogP contribution in [0.1, 0.15) is 10.5 Å². The molecule has 4 rings (SSSR count). The molecule has 2 aromatic heterocycles. The van der Waals surface area contributed by atoms with Gasteiger partial charge in [-0.15, -0.1) is 10.2 Å². The van der Waals surface area contributed by atoms with Gasteiger partial charge in [0.1, 0.15) is 11.6 Å². The maximum atomic E-state index is 13.7. The molecule has 1 aliphatic rings. The average Bonchev–Trinajstić information content (AvgIpc) is 2.76. The van der Waals surface area contributed by atoms with E-state index in [9.17, 15) is 9.18 Å². The zero-order chi connectivity index (χ0) is 19.3. The fourth-order valence-corrected chi connectivity index (χ4v) is 3.07. The van der Waals surface area contributed by atoms with Crippen LogP contribution in [0.4, 0.5) is 21.7 Å². The SMILES string of the molecule is O=C(Nc1ccccc1F)c1ccc(N2CCN(c3ccccn3)CC2)nn1. The predicted molar refractivity (Wildman–Crippen MR) is 105 cm³/mol. The average molecular weight is 378 g/mol. The number of carbonyl (C=O) groups is 1. The third kappa shape index (κ3) is 3.90. The lowest BCUT2D eigenvalue weighted by Crippen LogP contribution is -2.47. The summed E-state index contributed by atoms with van der Waals surface area (Å²) >= 11 is 0. The monoisotopic (exact) mass is 378 g/mol. The van der Waals surface area contributed by atoms with Gasteiger partial charge in [0.25, 0.3) is 5.91 Å². The quantitative estimate of drug-likeness (QED) is 0.752. The summed E-state index contributed by atoms with van der Waals surface area (Å²) in [6.45, 7) is 3.22. The topological polar surface area (TPSA) is 74.2 Å². The summed E-state index contributed by atoms with van der Waals surface area (Å²) in [5.74, 6) is 0.687. The molecule has 3 aromatic rings. The summed E-state index contributed by atoms with van der Waals surface area (Å²) in [4.78, 5) is 21.0. The molecule has 1 aromatic carbocycles. The fourth-order valence-electron chi connectivity index (χ4n) is 3.07. The second-order valence-electron chi connectivity index (χ2n) is 6.37. The molecule has 3 heterocycles. The standard InChI is InChI=1S/C20H19FN6O/c21-15-5-1-2-6-16(15)23-20(28)17-8-9-19(25-24-17)27-13-11-26(12-14-27)18-7-3-4-10-22-18/h1-10H,11-14H2,(H,23,28). The summed E-state index contributed by atoms with van der Waals surface area (Å²) in [6.07, 6.45) is 1.79. The van der Waals surface area contributed by atoms with E-state index < -0.39 is 11.7 Å². The van der Waals surface area contributed by atoms with Gasteiger partial charge < -0.3 is 15.1 Å². The highest BCUT2D eigenvalue weighted by atomic mass is 19.1. The first-order chi connectivity index (χ1) is 13.7. The number of benzene rings is 1. The van der Waals surface area contributed by atoms with E-state index in [4.69, 9.17) is 0 Å². The van der Waals surface area contributed by atoms with Gasteiger partial charge in [-0.05, 0) is 36.4 Å². The number of halogens is 1. The molecule has 0 unspecified atom stereocenters. The number of para-hydroxylation sites is 1. The van der Waals surface area contributed by atoms with Gasteiger partial charge in [0, 0.05) is 32.4 Å². The predicted octanol–water partition coefficient (Wildman–Crippen LogP) is 2.59.